The molecule has 0 aliphatic rings. The first-order valence-corrected chi connectivity index (χ1v) is 10.3. The average Bonchev–Trinajstić information content (AvgIpc) is 2.75. The van der Waals surface area contributed by atoms with Gasteiger partial charge in [-0.25, -0.2) is 0 Å². The van der Waals surface area contributed by atoms with Gasteiger partial charge in [0.1, 0.15) is 0 Å². The van der Waals surface area contributed by atoms with Crippen molar-refractivity contribution < 1.29 is 9.59 Å². The highest BCUT2D eigenvalue weighted by Crippen LogP contribution is 2.08. The maximum atomic E-state index is 12.5. The van der Waals surface area contributed by atoms with Crippen molar-refractivity contribution in [3.8, 4) is 0 Å². The van der Waals surface area contributed by atoms with E-state index in [2.05, 4.69) is 34.9 Å². The third-order valence-corrected chi connectivity index (χ3v) is 4.93. The topological polar surface area (TPSA) is 58.2 Å². The molecule has 0 fully saturated rings. The number of amides is 2. The predicted octanol–water partition coefficient (Wildman–Crippen LogP) is 4.41. The second kappa shape index (κ2) is 10.4. The highest BCUT2D eigenvalue weighted by atomic mass is 16.2. The summed E-state index contributed by atoms with van der Waals surface area (Å²) in [6.07, 6.45) is 1.54. The van der Waals surface area contributed by atoms with E-state index in [0.29, 0.717) is 11.1 Å². The van der Waals surface area contributed by atoms with Crippen LogP contribution in [0.4, 0.5) is 0 Å². The Hall–Kier alpha value is -3.40. The quantitative estimate of drug-likeness (QED) is 0.588. The van der Waals surface area contributed by atoms with Gasteiger partial charge >= 0.3 is 0 Å². The number of hydrogen-bond acceptors (Lipinski definition) is 2. The van der Waals surface area contributed by atoms with Crippen LogP contribution in [0.3, 0.4) is 0 Å². The molecule has 4 heteroatoms. The lowest BCUT2D eigenvalue weighted by Gasteiger charge is -2.15. The van der Waals surface area contributed by atoms with Gasteiger partial charge in [-0.05, 0) is 62.1 Å². The summed E-state index contributed by atoms with van der Waals surface area (Å²) in [6.45, 7) is 3.97. The summed E-state index contributed by atoms with van der Waals surface area (Å²) in [5.74, 6) is -0.273. The molecular weight excluding hydrogens is 372 g/mol. The normalized spacial score (nSPS) is 12.6. The van der Waals surface area contributed by atoms with Crippen molar-refractivity contribution in [3.05, 3.63) is 107 Å². The smallest absolute Gasteiger partial charge is 0.251 e. The van der Waals surface area contributed by atoms with E-state index in [9.17, 15) is 9.59 Å². The summed E-state index contributed by atoms with van der Waals surface area (Å²) in [5.41, 5.74) is 3.46. The number of rotatable bonds is 8. The van der Waals surface area contributed by atoms with E-state index in [1.165, 1.54) is 11.1 Å². The molecule has 0 heterocycles. The summed E-state index contributed by atoms with van der Waals surface area (Å²) in [4.78, 5) is 25.0. The van der Waals surface area contributed by atoms with E-state index >= 15 is 0 Å². The fourth-order valence-corrected chi connectivity index (χ4v) is 3.42. The Morgan fingerprint density at radius 2 is 0.933 bits per heavy atom. The van der Waals surface area contributed by atoms with Crippen LogP contribution in [0.5, 0.6) is 0 Å². The largest absolute Gasteiger partial charge is 0.349 e. The molecule has 2 unspecified atom stereocenters. The second-order valence-corrected chi connectivity index (χ2v) is 7.71. The molecule has 2 N–H and O–H groups in total. The molecule has 4 nitrogen and oxygen atoms in total. The highest BCUT2D eigenvalue weighted by Gasteiger charge is 2.13. The van der Waals surface area contributed by atoms with E-state index in [-0.39, 0.29) is 23.9 Å². The van der Waals surface area contributed by atoms with Gasteiger partial charge < -0.3 is 10.6 Å². The van der Waals surface area contributed by atoms with Crippen LogP contribution in [0.15, 0.2) is 84.9 Å². The van der Waals surface area contributed by atoms with E-state index in [1.807, 2.05) is 50.2 Å². The Balaban J connectivity index is 1.52. The molecule has 154 valence electrons. The summed E-state index contributed by atoms with van der Waals surface area (Å²) < 4.78 is 0. The molecule has 0 spiro atoms. The van der Waals surface area contributed by atoms with E-state index < -0.39 is 0 Å². The predicted molar refractivity (Wildman–Crippen MR) is 121 cm³/mol. The third kappa shape index (κ3) is 6.31. The van der Waals surface area contributed by atoms with E-state index in [0.717, 1.165) is 12.8 Å². The summed E-state index contributed by atoms with van der Waals surface area (Å²) >= 11 is 0. The van der Waals surface area contributed by atoms with Crippen molar-refractivity contribution in [1.82, 2.24) is 10.6 Å². The van der Waals surface area contributed by atoms with Crippen molar-refractivity contribution in [2.24, 2.45) is 0 Å². The first kappa shape index (κ1) is 21.3. The van der Waals surface area contributed by atoms with Gasteiger partial charge in [0.15, 0.2) is 0 Å². The fourth-order valence-electron chi connectivity index (χ4n) is 3.42. The first-order valence-electron chi connectivity index (χ1n) is 10.3. The molecule has 2 atom stereocenters. The Morgan fingerprint density at radius 3 is 1.27 bits per heavy atom. The highest BCUT2D eigenvalue weighted by molar-refractivity contribution is 5.98. The van der Waals surface area contributed by atoms with Crippen molar-refractivity contribution in [3.63, 3.8) is 0 Å². The van der Waals surface area contributed by atoms with Gasteiger partial charge in [0.25, 0.3) is 11.8 Å². The van der Waals surface area contributed by atoms with Crippen LogP contribution in [-0.4, -0.2) is 23.9 Å². The van der Waals surface area contributed by atoms with Crippen LogP contribution in [0.25, 0.3) is 0 Å². The van der Waals surface area contributed by atoms with Gasteiger partial charge in [-0.1, -0.05) is 60.7 Å². The minimum atomic E-state index is -0.136. The molecule has 2 amide bonds. The first-order chi connectivity index (χ1) is 14.5. The second-order valence-electron chi connectivity index (χ2n) is 7.71. The Morgan fingerprint density at radius 1 is 0.600 bits per heavy atom. The van der Waals surface area contributed by atoms with Gasteiger partial charge in [-0.15, -0.1) is 0 Å². The van der Waals surface area contributed by atoms with Crippen LogP contribution in [0.2, 0.25) is 0 Å². The van der Waals surface area contributed by atoms with Gasteiger partial charge in [0.2, 0.25) is 0 Å². The number of nitrogens with one attached hydrogen (secondary N) is 2. The number of benzene rings is 3. The number of hydrogen-bond donors (Lipinski definition) is 2. The standard InChI is InChI=1S/C26H28N2O2/c1-19(17-21-9-5-3-6-10-21)27-25(29)23-13-15-24(16-14-23)26(30)28-20(2)18-22-11-7-4-8-12-22/h3-16,19-20H,17-18H2,1-2H3,(H,27,29)(H,28,30). The molecule has 0 aromatic heterocycles. The zero-order valence-electron chi connectivity index (χ0n) is 17.5. The van der Waals surface area contributed by atoms with Crippen LogP contribution in [-0.2, 0) is 12.8 Å². The summed E-state index contributed by atoms with van der Waals surface area (Å²) in [7, 11) is 0. The molecule has 0 saturated carbocycles. The maximum absolute atomic E-state index is 12.5. The van der Waals surface area contributed by atoms with Crippen molar-refractivity contribution >= 4 is 11.8 Å². The molecule has 30 heavy (non-hydrogen) atoms. The molecule has 0 radical (unpaired) electrons. The van der Waals surface area contributed by atoms with Crippen LogP contribution in [0.1, 0.15) is 45.7 Å². The van der Waals surface area contributed by atoms with E-state index in [4.69, 9.17) is 0 Å². The minimum absolute atomic E-state index is 0.0155. The number of carbonyl (C=O) groups excluding carboxylic acids is 2. The number of carbonyl (C=O) groups is 2. The fraction of sp³-hybridized carbons (Fsp3) is 0.231. The Bertz CT molecular complexity index is 873. The SMILES string of the molecule is CC(Cc1ccccc1)NC(=O)c1ccc(C(=O)NC(C)Cc2ccccc2)cc1. The lowest BCUT2D eigenvalue weighted by molar-refractivity contribution is 0.0927. The van der Waals surface area contributed by atoms with Gasteiger partial charge in [-0.3, -0.25) is 9.59 Å². The van der Waals surface area contributed by atoms with Crippen molar-refractivity contribution in [2.45, 2.75) is 38.8 Å². The van der Waals surface area contributed by atoms with Crippen molar-refractivity contribution in [2.75, 3.05) is 0 Å². The van der Waals surface area contributed by atoms with Gasteiger partial charge in [-0.2, -0.15) is 0 Å². The van der Waals surface area contributed by atoms with Crippen LogP contribution < -0.4 is 10.6 Å². The van der Waals surface area contributed by atoms with Crippen LogP contribution >= 0.6 is 0 Å². The molecule has 0 aliphatic carbocycles. The minimum Gasteiger partial charge on any atom is -0.349 e. The monoisotopic (exact) mass is 400 g/mol. The van der Waals surface area contributed by atoms with Gasteiger partial charge in [0, 0.05) is 23.2 Å². The van der Waals surface area contributed by atoms with Crippen molar-refractivity contribution in [1.29, 1.82) is 0 Å². The Labute approximate surface area is 178 Å². The van der Waals surface area contributed by atoms with Gasteiger partial charge in [0.05, 0.1) is 0 Å². The lowest BCUT2D eigenvalue weighted by Crippen LogP contribution is -2.35. The Kier molecular flexibility index (Phi) is 7.39. The average molecular weight is 401 g/mol. The summed E-state index contributed by atoms with van der Waals surface area (Å²) in [5, 5.41) is 6.03. The third-order valence-electron chi connectivity index (χ3n) is 4.93. The molecule has 0 aliphatic heterocycles. The van der Waals surface area contributed by atoms with E-state index in [1.54, 1.807) is 24.3 Å². The molecule has 3 aromatic carbocycles. The molecule has 0 saturated heterocycles. The summed E-state index contributed by atoms with van der Waals surface area (Å²) in [6, 6.07) is 27.0. The zero-order valence-corrected chi connectivity index (χ0v) is 17.5. The maximum Gasteiger partial charge on any atom is 0.251 e. The molecular formula is C26H28N2O2. The molecule has 3 rings (SSSR count). The lowest BCUT2D eigenvalue weighted by atomic mass is 10.1. The molecule has 0 bridgehead atoms. The molecule has 3 aromatic rings. The van der Waals surface area contributed by atoms with Crippen LogP contribution in [0, 0.1) is 0 Å². The zero-order chi connectivity index (χ0) is 21.3.